The predicted octanol–water partition coefficient (Wildman–Crippen LogP) is 3.24. The van der Waals surface area contributed by atoms with Crippen LogP contribution in [0.2, 0.25) is 0 Å². The van der Waals surface area contributed by atoms with Crippen molar-refractivity contribution < 1.29 is 24.2 Å². The molecule has 1 fully saturated rings. The largest absolute Gasteiger partial charge is 0.480 e. The van der Waals surface area contributed by atoms with E-state index >= 15 is 0 Å². The molecule has 2 aliphatic rings. The van der Waals surface area contributed by atoms with Crippen LogP contribution in [0.5, 0.6) is 0 Å². The number of carboxylic acid groups (broad SMARTS) is 1. The molecule has 2 aromatic carbocycles. The molecule has 31 heavy (non-hydrogen) atoms. The minimum Gasteiger partial charge on any atom is -0.480 e. The second kappa shape index (κ2) is 8.79. The lowest BCUT2D eigenvalue weighted by molar-refractivity contribution is -0.157. The van der Waals surface area contributed by atoms with E-state index in [9.17, 15) is 14.4 Å². The smallest absolute Gasteiger partial charge is 0.407 e. The van der Waals surface area contributed by atoms with E-state index in [1.807, 2.05) is 31.2 Å². The maximum Gasteiger partial charge on any atom is 0.407 e. The lowest BCUT2D eigenvalue weighted by Gasteiger charge is -2.38. The van der Waals surface area contributed by atoms with Gasteiger partial charge in [-0.3, -0.25) is 4.79 Å². The van der Waals surface area contributed by atoms with Crippen LogP contribution in [0, 0.1) is 5.92 Å². The van der Waals surface area contributed by atoms with Gasteiger partial charge >= 0.3 is 12.1 Å². The number of hydrogen-bond acceptors (Lipinski definition) is 4. The molecule has 7 heteroatoms. The van der Waals surface area contributed by atoms with Gasteiger partial charge in [0.2, 0.25) is 5.91 Å². The molecule has 2 amide bonds. The standard InChI is InChI=1S/C24H26N2O5/c1-15(12-22(27)26-11-10-21(26)23(28)29)13-25-24(30)31-14-20-18-8-4-2-6-16(18)17-7-3-5-9-19(17)20/h2-9,15,20-21H,10-14H2,1H3,(H,25,30)(H,28,29). The molecule has 1 saturated heterocycles. The van der Waals surface area contributed by atoms with E-state index in [2.05, 4.69) is 29.6 Å². The van der Waals surface area contributed by atoms with Crippen LogP contribution in [0.1, 0.15) is 36.8 Å². The van der Waals surface area contributed by atoms with Gasteiger partial charge in [-0.1, -0.05) is 55.5 Å². The van der Waals surface area contributed by atoms with Crippen LogP contribution in [-0.4, -0.2) is 53.7 Å². The highest BCUT2D eigenvalue weighted by Gasteiger charge is 2.37. The summed E-state index contributed by atoms with van der Waals surface area (Å²) in [4.78, 5) is 36.9. The number of carbonyl (C=O) groups is 3. The van der Waals surface area contributed by atoms with Crippen molar-refractivity contribution in [1.29, 1.82) is 0 Å². The zero-order valence-electron chi connectivity index (χ0n) is 17.4. The maximum absolute atomic E-state index is 12.3. The summed E-state index contributed by atoms with van der Waals surface area (Å²) in [5.74, 6) is -1.29. The number of benzene rings is 2. The summed E-state index contributed by atoms with van der Waals surface area (Å²) in [5.41, 5.74) is 4.64. The number of alkyl carbamates (subject to hydrolysis) is 1. The Kier molecular flexibility index (Phi) is 5.93. The molecule has 2 aromatic rings. The fourth-order valence-corrected chi connectivity index (χ4v) is 4.34. The summed E-state index contributed by atoms with van der Waals surface area (Å²) in [6.07, 6.45) is 0.162. The minimum absolute atomic E-state index is 0.00322. The van der Waals surface area contributed by atoms with Gasteiger partial charge in [0, 0.05) is 25.4 Å². The van der Waals surface area contributed by atoms with Gasteiger partial charge in [-0.05, 0) is 34.6 Å². The molecule has 2 unspecified atom stereocenters. The second-order valence-electron chi connectivity index (χ2n) is 8.25. The van der Waals surface area contributed by atoms with Crippen LogP contribution in [0.15, 0.2) is 48.5 Å². The first-order valence-electron chi connectivity index (χ1n) is 10.6. The van der Waals surface area contributed by atoms with E-state index in [-0.39, 0.29) is 37.3 Å². The van der Waals surface area contributed by atoms with E-state index in [0.717, 1.165) is 11.1 Å². The van der Waals surface area contributed by atoms with Gasteiger partial charge in [0.1, 0.15) is 12.6 Å². The lowest BCUT2D eigenvalue weighted by atomic mass is 9.98. The Labute approximate surface area is 181 Å². The van der Waals surface area contributed by atoms with Gasteiger partial charge in [-0.15, -0.1) is 0 Å². The van der Waals surface area contributed by atoms with Crippen molar-refractivity contribution in [2.75, 3.05) is 19.7 Å². The molecule has 1 aliphatic carbocycles. The lowest BCUT2D eigenvalue weighted by Crippen LogP contribution is -2.55. The Balaban J connectivity index is 1.26. The zero-order valence-corrected chi connectivity index (χ0v) is 17.4. The molecule has 2 N–H and O–H groups in total. The van der Waals surface area contributed by atoms with Gasteiger partial charge < -0.3 is 20.1 Å². The summed E-state index contributed by atoms with van der Waals surface area (Å²) in [6, 6.07) is 15.6. The average Bonchev–Trinajstić information content (AvgIpc) is 3.03. The van der Waals surface area contributed by atoms with Gasteiger partial charge in [0.25, 0.3) is 0 Å². The van der Waals surface area contributed by atoms with Crippen molar-refractivity contribution in [3.05, 3.63) is 59.7 Å². The molecule has 7 nitrogen and oxygen atoms in total. The number of nitrogens with one attached hydrogen (secondary N) is 1. The molecule has 4 rings (SSSR count). The van der Waals surface area contributed by atoms with Crippen LogP contribution >= 0.6 is 0 Å². The van der Waals surface area contributed by atoms with Gasteiger partial charge in [0.05, 0.1) is 0 Å². The van der Waals surface area contributed by atoms with Crippen LogP contribution in [0.4, 0.5) is 4.79 Å². The van der Waals surface area contributed by atoms with E-state index < -0.39 is 18.1 Å². The van der Waals surface area contributed by atoms with E-state index in [4.69, 9.17) is 9.84 Å². The molecule has 1 heterocycles. The number of amides is 2. The number of fused-ring (bicyclic) bond motifs is 3. The van der Waals surface area contributed by atoms with Crippen molar-refractivity contribution in [2.24, 2.45) is 5.92 Å². The molecule has 0 bridgehead atoms. The zero-order chi connectivity index (χ0) is 22.0. The number of ether oxygens (including phenoxy) is 1. The van der Waals surface area contributed by atoms with Crippen molar-refractivity contribution >= 4 is 18.0 Å². The maximum atomic E-state index is 12.3. The summed E-state index contributed by atoms with van der Waals surface area (Å²) in [6.45, 7) is 2.84. The average molecular weight is 422 g/mol. The number of aliphatic carboxylic acids is 1. The Morgan fingerprint density at radius 3 is 2.26 bits per heavy atom. The van der Waals surface area contributed by atoms with Crippen molar-refractivity contribution in [2.45, 2.75) is 31.7 Å². The fourth-order valence-electron chi connectivity index (χ4n) is 4.34. The first kappa shape index (κ1) is 20.9. The monoisotopic (exact) mass is 422 g/mol. The quantitative estimate of drug-likeness (QED) is 0.714. The highest BCUT2D eigenvalue weighted by molar-refractivity contribution is 5.85. The molecule has 0 spiro atoms. The summed E-state index contributed by atoms with van der Waals surface area (Å²) in [7, 11) is 0. The third kappa shape index (κ3) is 4.26. The molecule has 0 radical (unpaired) electrons. The first-order valence-corrected chi connectivity index (χ1v) is 10.6. The molecule has 0 aromatic heterocycles. The second-order valence-corrected chi connectivity index (χ2v) is 8.25. The number of carbonyl (C=O) groups excluding carboxylic acids is 2. The molecular weight excluding hydrogens is 396 g/mol. The van der Waals surface area contributed by atoms with Gasteiger partial charge in [0.15, 0.2) is 0 Å². The van der Waals surface area contributed by atoms with E-state index in [1.54, 1.807) is 0 Å². The highest BCUT2D eigenvalue weighted by atomic mass is 16.5. The third-order valence-corrected chi connectivity index (χ3v) is 6.09. The highest BCUT2D eigenvalue weighted by Crippen LogP contribution is 2.44. The SMILES string of the molecule is CC(CNC(=O)OCC1c2ccccc2-c2ccccc21)CC(=O)N1CCC1C(=O)O. The molecule has 1 aliphatic heterocycles. The van der Waals surface area contributed by atoms with Crippen LogP contribution in [0.25, 0.3) is 11.1 Å². The van der Waals surface area contributed by atoms with Gasteiger partial charge in [-0.2, -0.15) is 0 Å². The van der Waals surface area contributed by atoms with Crippen molar-refractivity contribution in [1.82, 2.24) is 10.2 Å². The Morgan fingerprint density at radius 2 is 1.71 bits per heavy atom. The third-order valence-electron chi connectivity index (χ3n) is 6.09. The first-order chi connectivity index (χ1) is 15.0. The van der Waals surface area contributed by atoms with Crippen LogP contribution in [0.3, 0.4) is 0 Å². The number of rotatable bonds is 7. The fraction of sp³-hybridized carbons (Fsp3) is 0.375. The van der Waals surface area contributed by atoms with Crippen LogP contribution < -0.4 is 5.32 Å². The summed E-state index contributed by atoms with van der Waals surface area (Å²) >= 11 is 0. The topological polar surface area (TPSA) is 95.9 Å². The normalized spacial score (nSPS) is 17.8. The number of likely N-dealkylation sites (tertiary alicyclic amines) is 1. The summed E-state index contributed by atoms with van der Waals surface area (Å²) in [5, 5.41) is 11.8. The van der Waals surface area contributed by atoms with E-state index in [1.165, 1.54) is 16.0 Å². The van der Waals surface area contributed by atoms with E-state index in [0.29, 0.717) is 13.0 Å². The minimum atomic E-state index is -0.969. The Morgan fingerprint density at radius 1 is 1.10 bits per heavy atom. The number of carboxylic acids is 1. The van der Waals surface area contributed by atoms with Crippen molar-refractivity contribution in [3.63, 3.8) is 0 Å². The Hall–Kier alpha value is -3.35. The van der Waals surface area contributed by atoms with Crippen LogP contribution in [-0.2, 0) is 14.3 Å². The number of hydrogen-bond donors (Lipinski definition) is 2. The van der Waals surface area contributed by atoms with Gasteiger partial charge in [-0.25, -0.2) is 9.59 Å². The number of nitrogens with zero attached hydrogens (tertiary/aromatic N) is 1. The predicted molar refractivity (Wildman–Crippen MR) is 115 cm³/mol. The summed E-state index contributed by atoms with van der Waals surface area (Å²) < 4.78 is 5.50. The molecule has 0 saturated carbocycles. The van der Waals surface area contributed by atoms with Crippen molar-refractivity contribution in [3.8, 4) is 11.1 Å². The Bertz CT molecular complexity index is 959. The molecule has 162 valence electrons. The molecular formula is C24H26N2O5. The molecule has 2 atom stereocenters.